The number of imidazole rings is 1. The summed E-state index contributed by atoms with van der Waals surface area (Å²) in [5, 5.41) is 3.60. The van der Waals surface area contributed by atoms with Crippen LogP contribution in [0.1, 0.15) is 24.7 Å². The average molecular weight is 557 g/mol. The Morgan fingerprint density at radius 1 is 0.927 bits per heavy atom. The number of nitrogens with zero attached hydrogens (tertiary/aromatic N) is 4. The molecule has 2 N–H and O–H groups in total. The van der Waals surface area contributed by atoms with Gasteiger partial charge in [-0.15, -0.1) is 0 Å². The number of hydrogen-bond acceptors (Lipinski definition) is 8. The van der Waals surface area contributed by atoms with Gasteiger partial charge in [0.2, 0.25) is 0 Å². The van der Waals surface area contributed by atoms with Crippen LogP contribution in [0, 0.1) is 0 Å². The number of rotatable bonds is 12. The van der Waals surface area contributed by atoms with E-state index in [-0.39, 0.29) is 12.1 Å². The molecule has 0 amide bonds. The summed E-state index contributed by atoms with van der Waals surface area (Å²) >= 11 is 0. The third kappa shape index (κ3) is 6.64. The highest BCUT2D eigenvalue weighted by Gasteiger charge is 2.29. The summed E-state index contributed by atoms with van der Waals surface area (Å²) in [5.41, 5.74) is 5.43. The van der Waals surface area contributed by atoms with Crippen LogP contribution in [0.25, 0.3) is 16.6 Å². The van der Waals surface area contributed by atoms with E-state index in [1.165, 1.54) is 5.69 Å². The van der Waals surface area contributed by atoms with E-state index in [1.54, 1.807) is 0 Å². The van der Waals surface area contributed by atoms with E-state index in [2.05, 4.69) is 70.5 Å². The van der Waals surface area contributed by atoms with Gasteiger partial charge in [-0.2, -0.15) is 0 Å². The molecule has 1 fully saturated rings. The molecule has 2 atom stereocenters. The first kappa shape index (κ1) is 27.5. The second-order valence-electron chi connectivity index (χ2n) is 10.8. The Labute approximate surface area is 241 Å². The summed E-state index contributed by atoms with van der Waals surface area (Å²) in [4.78, 5) is 18.2. The summed E-state index contributed by atoms with van der Waals surface area (Å²) in [6, 6.07) is 14.7. The zero-order chi connectivity index (χ0) is 28.0. The van der Waals surface area contributed by atoms with Crippen molar-refractivity contribution >= 4 is 28.1 Å². The van der Waals surface area contributed by atoms with E-state index >= 15 is 0 Å². The molecular formula is C32H40N6O3. The lowest BCUT2D eigenvalue weighted by molar-refractivity contribution is 0.0366. The number of hydrogen-bond donors (Lipinski definition) is 2. The number of anilines is 1. The molecule has 2 unspecified atom stereocenters. The predicted octanol–water partition coefficient (Wildman–Crippen LogP) is 3.88. The van der Waals surface area contributed by atoms with Crippen LogP contribution in [0.5, 0.6) is 5.75 Å². The number of amidine groups is 1. The van der Waals surface area contributed by atoms with Crippen LogP contribution in [-0.2, 0) is 9.47 Å². The molecule has 2 aliphatic heterocycles. The van der Waals surface area contributed by atoms with Crippen molar-refractivity contribution in [1.29, 1.82) is 0 Å². The maximum Gasteiger partial charge on any atom is 0.138 e. The Morgan fingerprint density at radius 3 is 2.51 bits per heavy atom. The molecule has 1 aliphatic carbocycles. The summed E-state index contributed by atoms with van der Waals surface area (Å²) < 4.78 is 16.8. The molecule has 9 heteroatoms. The zero-order valence-corrected chi connectivity index (χ0v) is 24.0. The molecule has 3 aromatic rings. The fourth-order valence-corrected chi connectivity index (χ4v) is 5.37. The van der Waals surface area contributed by atoms with Crippen molar-refractivity contribution in [2.24, 2.45) is 4.99 Å². The molecule has 0 saturated carbocycles. The summed E-state index contributed by atoms with van der Waals surface area (Å²) in [5.74, 6) is 2.60. The van der Waals surface area contributed by atoms with Crippen molar-refractivity contribution in [3.8, 4) is 5.75 Å². The Kier molecular flexibility index (Phi) is 8.65. The number of benzene rings is 2. The van der Waals surface area contributed by atoms with Crippen LogP contribution in [0.3, 0.4) is 0 Å². The van der Waals surface area contributed by atoms with E-state index in [1.807, 2.05) is 24.3 Å². The van der Waals surface area contributed by atoms with E-state index in [0.29, 0.717) is 26.4 Å². The van der Waals surface area contributed by atoms with Crippen LogP contribution in [0.4, 0.5) is 5.69 Å². The highest BCUT2D eigenvalue weighted by molar-refractivity contribution is 6.01. The van der Waals surface area contributed by atoms with Crippen molar-refractivity contribution < 1.29 is 14.2 Å². The molecule has 2 aromatic carbocycles. The lowest BCUT2D eigenvalue weighted by Gasteiger charge is -2.34. The Bertz CT molecular complexity index is 1400. The largest absolute Gasteiger partial charge is 0.491 e. The summed E-state index contributed by atoms with van der Waals surface area (Å²) in [6.45, 7) is 9.42. The molecule has 41 heavy (non-hydrogen) atoms. The van der Waals surface area contributed by atoms with Gasteiger partial charge in [0, 0.05) is 49.6 Å². The number of H-pyrrole nitrogens is 1. The molecular weight excluding hydrogens is 516 g/mol. The van der Waals surface area contributed by atoms with Gasteiger partial charge in [0.05, 0.1) is 42.9 Å². The number of nitrogens with one attached hydrogen (secondary N) is 2. The quantitative estimate of drug-likeness (QED) is 0.328. The number of allylic oxidation sites excluding steroid dienone is 2. The number of aromatic nitrogens is 2. The first-order valence-electron chi connectivity index (χ1n) is 14.7. The van der Waals surface area contributed by atoms with Crippen LogP contribution in [-0.4, -0.2) is 99.0 Å². The minimum Gasteiger partial charge on any atom is -0.491 e. The number of aromatic amines is 1. The van der Waals surface area contributed by atoms with Crippen molar-refractivity contribution in [3.63, 3.8) is 0 Å². The van der Waals surface area contributed by atoms with E-state index < -0.39 is 0 Å². The molecule has 216 valence electrons. The second-order valence-corrected chi connectivity index (χ2v) is 10.8. The van der Waals surface area contributed by atoms with Crippen molar-refractivity contribution in [1.82, 2.24) is 20.2 Å². The monoisotopic (exact) mass is 556 g/mol. The van der Waals surface area contributed by atoms with Crippen LogP contribution >= 0.6 is 0 Å². The molecule has 3 aliphatic rings. The van der Waals surface area contributed by atoms with Gasteiger partial charge in [0.25, 0.3) is 0 Å². The third-order valence-electron chi connectivity index (χ3n) is 7.73. The van der Waals surface area contributed by atoms with Gasteiger partial charge >= 0.3 is 0 Å². The maximum atomic E-state index is 5.82. The van der Waals surface area contributed by atoms with Gasteiger partial charge in [0.1, 0.15) is 24.0 Å². The highest BCUT2D eigenvalue weighted by Crippen LogP contribution is 2.28. The van der Waals surface area contributed by atoms with E-state index in [9.17, 15) is 0 Å². The van der Waals surface area contributed by atoms with E-state index in [0.717, 1.165) is 78.8 Å². The molecule has 3 heterocycles. The lowest BCUT2D eigenvalue weighted by Crippen LogP contribution is -2.44. The average Bonchev–Trinajstić information content (AvgIpc) is 3.63. The molecule has 0 radical (unpaired) electrons. The van der Waals surface area contributed by atoms with Crippen molar-refractivity contribution in [2.45, 2.75) is 25.4 Å². The van der Waals surface area contributed by atoms with Crippen molar-refractivity contribution in [3.05, 3.63) is 72.1 Å². The lowest BCUT2D eigenvalue weighted by atomic mass is 9.99. The normalized spacial score (nSPS) is 20.6. The molecule has 1 aromatic heterocycles. The SMILES string of the molecule is CCCOCCOCCOc1ccc(C2=NC3C=CC(c4nc5ccc(N6CCN(C)CC6)cc5[nH]4)=CC3N2)cc1. The minimum atomic E-state index is 0.0661. The van der Waals surface area contributed by atoms with Gasteiger partial charge in [0.15, 0.2) is 0 Å². The second kappa shape index (κ2) is 12.9. The molecule has 0 spiro atoms. The van der Waals surface area contributed by atoms with Crippen LogP contribution in [0.2, 0.25) is 0 Å². The number of piperazine rings is 1. The maximum absolute atomic E-state index is 5.82. The number of aliphatic imine (C=N–C) groups is 1. The first-order valence-corrected chi connectivity index (χ1v) is 14.7. The smallest absolute Gasteiger partial charge is 0.138 e. The Balaban J connectivity index is 1.03. The number of likely N-dealkylation sites (N-methyl/N-ethyl adjacent to an activating group) is 1. The minimum absolute atomic E-state index is 0.0661. The van der Waals surface area contributed by atoms with Gasteiger partial charge in [-0.3, -0.25) is 4.99 Å². The summed E-state index contributed by atoms with van der Waals surface area (Å²) in [6.07, 6.45) is 7.54. The predicted molar refractivity (Wildman–Crippen MR) is 164 cm³/mol. The Morgan fingerprint density at radius 2 is 1.71 bits per heavy atom. The first-order chi connectivity index (χ1) is 20.2. The van der Waals surface area contributed by atoms with Crippen molar-refractivity contribution in [2.75, 3.05) is 71.2 Å². The van der Waals surface area contributed by atoms with Gasteiger partial charge in [-0.1, -0.05) is 19.1 Å². The topological polar surface area (TPSA) is 87.2 Å². The Hall–Kier alpha value is -3.66. The third-order valence-corrected chi connectivity index (χ3v) is 7.73. The molecule has 0 bridgehead atoms. The standard InChI is InChI=1S/C32H40N6O3/c1-3-16-39-17-18-40-19-20-41-26-8-4-23(5-9-26)31-33-27-10-6-24(21-29(27)35-31)32-34-28-11-7-25(22-30(28)36-32)38-14-12-37(2)13-15-38/h4-11,21-22,27,29H,3,12-20H2,1-2H3,(H,33,35)(H,34,36). The molecule has 1 saturated heterocycles. The molecule has 9 nitrogen and oxygen atoms in total. The summed E-state index contributed by atoms with van der Waals surface area (Å²) in [7, 11) is 2.18. The number of ether oxygens (including phenoxy) is 3. The van der Waals surface area contributed by atoms with Gasteiger partial charge < -0.3 is 34.3 Å². The van der Waals surface area contributed by atoms with Gasteiger partial charge in [-0.25, -0.2) is 4.98 Å². The zero-order valence-electron chi connectivity index (χ0n) is 24.0. The van der Waals surface area contributed by atoms with E-state index in [4.69, 9.17) is 24.2 Å². The van der Waals surface area contributed by atoms with Crippen LogP contribution in [0.15, 0.2) is 65.7 Å². The molecule has 6 rings (SSSR count). The highest BCUT2D eigenvalue weighted by atomic mass is 16.5. The number of fused-ring (bicyclic) bond motifs is 2. The fourth-order valence-electron chi connectivity index (χ4n) is 5.37. The fraction of sp³-hybridized carbons (Fsp3) is 0.438. The van der Waals surface area contributed by atoms with Crippen LogP contribution < -0.4 is 15.0 Å². The van der Waals surface area contributed by atoms with Gasteiger partial charge in [-0.05, 0) is 62.0 Å².